The van der Waals surface area contributed by atoms with E-state index in [1.165, 1.54) is 5.70 Å². The summed E-state index contributed by atoms with van der Waals surface area (Å²) >= 11 is 0. The Morgan fingerprint density at radius 1 is 1.09 bits per heavy atom. The van der Waals surface area contributed by atoms with Crippen LogP contribution in [0.4, 0.5) is 0 Å². The first-order chi connectivity index (χ1) is 16.1. The minimum Gasteiger partial charge on any atom is -0.463 e. The SMILES string of the molecule is CCOC(=O)/C=C1\C=C2N([Si](C)(C)C)C(=O)CC[C@]2(C)[C@H]2CC[C@]3(C)[C@@H](O[Si](C)(C)C)CC[C@H]3[C@H]12. The van der Waals surface area contributed by atoms with Gasteiger partial charge in [0.25, 0.3) is 0 Å². The van der Waals surface area contributed by atoms with Crippen molar-refractivity contribution in [1.82, 2.24) is 4.57 Å². The van der Waals surface area contributed by atoms with Gasteiger partial charge in [0.05, 0.1) is 12.7 Å². The van der Waals surface area contributed by atoms with E-state index in [1.807, 2.05) is 6.92 Å². The van der Waals surface area contributed by atoms with Gasteiger partial charge in [-0.15, -0.1) is 0 Å². The number of allylic oxidation sites excluding steroid dienone is 3. The summed E-state index contributed by atoms with van der Waals surface area (Å²) < 4.78 is 14.3. The van der Waals surface area contributed by atoms with Gasteiger partial charge in [0.1, 0.15) is 0 Å². The number of hydrogen-bond donors (Lipinski definition) is 0. The van der Waals surface area contributed by atoms with Crippen LogP contribution in [0.1, 0.15) is 59.3 Å². The summed E-state index contributed by atoms with van der Waals surface area (Å²) in [5, 5.41) is 0. The third kappa shape index (κ3) is 4.65. The minimum atomic E-state index is -1.94. The van der Waals surface area contributed by atoms with Crippen molar-refractivity contribution in [2.45, 2.75) is 105 Å². The first kappa shape index (κ1) is 26.9. The third-order valence-electron chi connectivity index (χ3n) is 9.36. The molecule has 1 heterocycles. The highest BCUT2D eigenvalue weighted by Crippen LogP contribution is 2.66. The van der Waals surface area contributed by atoms with Crippen LogP contribution in [-0.2, 0) is 18.8 Å². The molecule has 0 aromatic heterocycles. The Morgan fingerprint density at radius 2 is 1.77 bits per heavy atom. The maximum atomic E-state index is 13.2. The van der Waals surface area contributed by atoms with Gasteiger partial charge in [-0.1, -0.05) is 33.5 Å². The van der Waals surface area contributed by atoms with Crippen molar-refractivity contribution in [1.29, 1.82) is 0 Å². The number of carbonyl (C=O) groups is 2. The fourth-order valence-corrected chi connectivity index (χ4v) is 11.1. The molecule has 4 rings (SSSR count). The second kappa shape index (κ2) is 8.98. The lowest BCUT2D eigenvalue weighted by Crippen LogP contribution is -2.60. The molecule has 0 unspecified atom stereocenters. The number of ether oxygens (including phenoxy) is 1. The van der Waals surface area contributed by atoms with Gasteiger partial charge >= 0.3 is 5.97 Å². The molecule has 6 atom stereocenters. The molecule has 3 fully saturated rings. The van der Waals surface area contributed by atoms with Crippen molar-refractivity contribution in [2.75, 3.05) is 6.61 Å². The van der Waals surface area contributed by atoms with Crippen molar-refractivity contribution in [3.63, 3.8) is 0 Å². The molecule has 0 aromatic rings. The molecule has 1 aliphatic heterocycles. The van der Waals surface area contributed by atoms with Crippen LogP contribution in [0.25, 0.3) is 0 Å². The first-order valence-corrected chi connectivity index (χ1v) is 20.6. The Hall–Kier alpha value is -1.19. The van der Waals surface area contributed by atoms with Gasteiger partial charge < -0.3 is 13.7 Å². The summed E-state index contributed by atoms with van der Waals surface area (Å²) in [4.78, 5) is 26.0. The summed E-state index contributed by atoms with van der Waals surface area (Å²) in [6.07, 6.45) is 10.4. The van der Waals surface area contributed by atoms with Gasteiger partial charge in [-0.2, -0.15) is 0 Å². The Balaban J connectivity index is 1.83. The highest BCUT2D eigenvalue weighted by molar-refractivity contribution is 6.76. The van der Waals surface area contributed by atoms with Crippen LogP contribution in [0.15, 0.2) is 23.4 Å². The highest BCUT2D eigenvalue weighted by atomic mass is 28.4. The summed E-state index contributed by atoms with van der Waals surface area (Å²) in [6.45, 7) is 20.7. The van der Waals surface area contributed by atoms with E-state index >= 15 is 0 Å². The largest absolute Gasteiger partial charge is 0.463 e. The number of hydrogen-bond acceptors (Lipinski definition) is 4. The Bertz CT molecular complexity index is 946. The lowest BCUT2D eigenvalue weighted by Gasteiger charge is -2.60. The second-order valence-electron chi connectivity index (χ2n) is 13.8. The van der Waals surface area contributed by atoms with Crippen LogP contribution in [-0.4, -0.2) is 45.7 Å². The molecule has 1 amide bonds. The van der Waals surface area contributed by atoms with Crippen molar-refractivity contribution in [3.8, 4) is 0 Å². The number of amides is 1. The maximum Gasteiger partial charge on any atom is 0.331 e. The quantitative estimate of drug-likeness (QED) is 0.237. The van der Waals surface area contributed by atoms with Crippen LogP contribution >= 0.6 is 0 Å². The molecule has 196 valence electrons. The van der Waals surface area contributed by atoms with E-state index in [0.717, 1.165) is 37.7 Å². The lowest BCUT2D eigenvalue weighted by molar-refractivity contribution is -0.137. The molecule has 5 nitrogen and oxygen atoms in total. The van der Waals surface area contributed by atoms with Crippen molar-refractivity contribution in [3.05, 3.63) is 23.4 Å². The number of nitrogens with zero attached hydrogens (tertiary/aromatic N) is 1. The molecule has 0 N–H and O–H groups in total. The van der Waals surface area contributed by atoms with Crippen LogP contribution in [0.2, 0.25) is 39.3 Å². The number of piperidine rings is 1. The molecule has 4 aliphatic rings. The molecule has 7 heteroatoms. The molecule has 0 bridgehead atoms. The zero-order valence-corrected chi connectivity index (χ0v) is 25.5. The summed E-state index contributed by atoms with van der Waals surface area (Å²) in [6, 6.07) is 0. The smallest absolute Gasteiger partial charge is 0.331 e. The van der Waals surface area contributed by atoms with E-state index in [0.29, 0.717) is 36.9 Å². The molecule has 35 heavy (non-hydrogen) atoms. The topological polar surface area (TPSA) is 55.8 Å². The molecular weight excluding hydrogens is 470 g/mol. The van der Waals surface area contributed by atoms with Crippen molar-refractivity contribution >= 4 is 28.4 Å². The molecule has 1 saturated heterocycles. The standard InChI is InChI=1S/C28H47NO4Si2/c1-10-32-25(31)18-19-17-22-27(2,16-14-24(30)29(22)34(4,5)6)21-13-15-28(3)20(26(19)21)11-12-23(28)33-35(7,8)9/h17-18,20-21,23,26H,10-16H2,1-9H3/b19-18+/t20-,21-,23-,26-,27+,28-/m0/s1. The normalized spacial score (nSPS) is 38.5. The third-order valence-corrected chi connectivity index (χ3v) is 12.2. The van der Waals surface area contributed by atoms with E-state index in [2.05, 4.69) is 63.8 Å². The van der Waals surface area contributed by atoms with E-state index in [4.69, 9.17) is 9.16 Å². The maximum absolute atomic E-state index is 13.2. The first-order valence-electron chi connectivity index (χ1n) is 13.7. The van der Waals surface area contributed by atoms with Crippen molar-refractivity contribution in [2.24, 2.45) is 28.6 Å². The lowest BCUT2D eigenvalue weighted by atomic mass is 9.48. The summed E-state index contributed by atoms with van der Waals surface area (Å²) in [7, 11) is -3.60. The van der Waals surface area contributed by atoms with Crippen molar-refractivity contribution < 1.29 is 18.8 Å². The highest BCUT2D eigenvalue weighted by Gasteiger charge is 2.62. The van der Waals surface area contributed by atoms with Gasteiger partial charge in [0.15, 0.2) is 16.6 Å². The van der Waals surface area contributed by atoms with Gasteiger partial charge in [0, 0.05) is 23.6 Å². The van der Waals surface area contributed by atoms with Gasteiger partial charge in [-0.25, -0.2) is 4.79 Å². The number of esters is 1. The van der Waals surface area contributed by atoms with Gasteiger partial charge in [-0.05, 0) is 93.5 Å². The summed E-state index contributed by atoms with van der Waals surface area (Å²) in [5.41, 5.74) is 2.34. The molecule has 0 spiro atoms. The fourth-order valence-electron chi connectivity index (χ4n) is 7.94. The van der Waals surface area contributed by atoms with E-state index < -0.39 is 16.6 Å². The fraction of sp³-hybridized carbons (Fsp3) is 0.786. The predicted molar refractivity (Wildman–Crippen MR) is 146 cm³/mol. The van der Waals surface area contributed by atoms with Crippen LogP contribution in [0, 0.1) is 28.6 Å². The number of fused-ring (bicyclic) bond motifs is 5. The minimum absolute atomic E-state index is 0.0378. The number of carbonyl (C=O) groups excluding carboxylic acids is 2. The average Bonchev–Trinajstić information content (AvgIpc) is 3.03. The van der Waals surface area contributed by atoms with Crippen LogP contribution < -0.4 is 0 Å². The summed E-state index contributed by atoms with van der Waals surface area (Å²) in [5.74, 6) is 1.21. The molecule has 3 aliphatic carbocycles. The monoisotopic (exact) mass is 517 g/mol. The zero-order chi connectivity index (χ0) is 26.0. The second-order valence-corrected chi connectivity index (χ2v) is 23.1. The van der Waals surface area contributed by atoms with E-state index in [9.17, 15) is 9.59 Å². The number of rotatable bonds is 5. The van der Waals surface area contributed by atoms with E-state index in [1.54, 1.807) is 6.08 Å². The van der Waals surface area contributed by atoms with E-state index in [-0.39, 0.29) is 22.7 Å². The molecular formula is C28H47NO4Si2. The van der Waals surface area contributed by atoms with Crippen LogP contribution in [0.5, 0.6) is 0 Å². The van der Waals surface area contributed by atoms with Crippen LogP contribution in [0.3, 0.4) is 0 Å². The van der Waals surface area contributed by atoms with Gasteiger partial charge in [-0.3, -0.25) is 4.79 Å². The molecule has 0 aromatic carbocycles. The Kier molecular flexibility index (Phi) is 6.89. The average molecular weight is 518 g/mol. The zero-order valence-electron chi connectivity index (χ0n) is 23.5. The predicted octanol–water partition coefficient (Wildman–Crippen LogP) is 6.50. The Morgan fingerprint density at radius 3 is 2.37 bits per heavy atom. The molecule has 2 saturated carbocycles. The van der Waals surface area contributed by atoms with Gasteiger partial charge in [0.2, 0.25) is 5.91 Å². The molecule has 0 radical (unpaired) electrons. The Labute approximate surface area is 214 Å².